The van der Waals surface area contributed by atoms with Gasteiger partial charge in [0, 0.05) is 11.1 Å². The molecule has 7 heteroatoms. The standard InChI is InChI=1S/C23H25Cl2N3OS/c1-4-23(2,3)13-8-9-17-12(10-13)11-14-18(26)20(30-22(14)27-17)21(29)28-19-15(24)6-5-7-16(19)25/h5-7,11,13H,4,8-10,26H2,1-3H3,(H,28,29). The lowest BCUT2D eigenvalue weighted by Gasteiger charge is -2.36. The van der Waals surface area contributed by atoms with Crippen LogP contribution in [0.1, 0.15) is 54.5 Å². The van der Waals surface area contributed by atoms with Gasteiger partial charge in [0.2, 0.25) is 0 Å². The normalized spacial score (nSPS) is 16.5. The van der Waals surface area contributed by atoms with E-state index in [0.717, 1.165) is 41.6 Å². The number of thiophene rings is 1. The van der Waals surface area contributed by atoms with Crippen LogP contribution in [0.4, 0.5) is 11.4 Å². The van der Waals surface area contributed by atoms with Crippen molar-refractivity contribution in [1.29, 1.82) is 0 Å². The molecule has 2 heterocycles. The van der Waals surface area contributed by atoms with E-state index in [1.807, 2.05) is 0 Å². The molecule has 4 nitrogen and oxygen atoms in total. The third kappa shape index (κ3) is 3.79. The lowest BCUT2D eigenvalue weighted by Crippen LogP contribution is -2.29. The van der Waals surface area contributed by atoms with E-state index in [0.29, 0.717) is 37.6 Å². The first-order valence-electron chi connectivity index (χ1n) is 10.2. The fraction of sp³-hybridized carbons (Fsp3) is 0.391. The number of anilines is 2. The number of carbonyl (C=O) groups excluding carboxylic acids is 1. The van der Waals surface area contributed by atoms with Crippen LogP contribution >= 0.6 is 34.5 Å². The van der Waals surface area contributed by atoms with E-state index < -0.39 is 0 Å². The molecule has 1 aromatic carbocycles. The molecule has 0 fully saturated rings. The Morgan fingerprint density at radius 1 is 1.33 bits per heavy atom. The Labute approximate surface area is 190 Å². The number of fused-ring (bicyclic) bond motifs is 2. The molecule has 1 aliphatic rings. The molecule has 30 heavy (non-hydrogen) atoms. The van der Waals surface area contributed by atoms with Crippen LogP contribution in [0.2, 0.25) is 10.0 Å². The minimum atomic E-state index is -0.325. The molecule has 4 rings (SSSR count). The lowest BCUT2D eigenvalue weighted by molar-refractivity contribution is 0.103. The van der Waals surface area contributed by atoms with Crippen LogP contribution in [0.15, 0.2) is 24.3 Å². The number of nitrogens with one attached hydrogen (secondary N) is 1. The quantitative estimate of drug-likeness (QED) is 0.440. The average Bonchev–Trinajstić information content (AvgIpc) is 3.04. The molecule has 3 N–H and O–H groups in total. The third-order valence-corrected chi connectivity index (χ3v) is 8.25. The van der Waals surface area contributed by atoms with E-state index in [9.17, 15) is 4.79 Å². The maximum absolute atomic E-state index is 12.9. The van der Waals surface area contributed by atoms with E-state index >= 15 is 0 Å². The second-order valence-corrected chi connectivity index (χ2v) is 10.4. The van der Waals surface area contributed by atoms with E-state index in [4.69, 9.17) is 33.9 Å². The minimum Gasteiger partial charge on any atom is -0.397 e. The van der Waals surface area contributed by atoms with Crippen LogP contribution in [-0.2, 0) is 12.8 Å². The Balaban J connectivity index is 1.67. The van der Waals surface area contributed by atoms with Crippen LogP contribution in [0, 0.1) is 11.3 Å². The molecule has 0 saturated heterocycles. The van der Waals surface area contributed by atoms with Crippen molar-refractivity contribution in [3.63, 3.8) is 0 Å². The number of rotatable bonds is 4. The number of amides is 1. The molecule has 0 spiro atoms. The summed E-state index contributed by atoms with van der Waals surface area (Å²) in [6.45, 7) is 6.94. The van der Waals surface area contributed by atoms with Crippen molar-refractivity contribution < 1.29 is 4.79 Å². The Bertz CT molecular complexity index is 1120. The predicted octanol–water partition coefficient (Wildman–Crippen LogP) is 6.98. The zero-order valence-corrected chi connectivity index (χ0v) is 19.6. The maximum Gasteiger partial charge on any atom is 0.268 e. The molecule has 0 radical (unpaired) electrons. The number of benzene rings is 1. The fourth-order valence-electron chi connectivity index (χ4n) is 4.10. The summed E-state index contributed by atoms with van der Waals surface area (Å²) in [5.41, 5.74) is 9.93. The Kier molecular flexibility index (Phi) is 5.73. The number of nitrogen functional groups attached to an aromatic ring is 1. The second-order valence-electron chi connectivity index (χ2n) is 8.62. The number of aryl methyl sites for hydroxylation is 1. The third-order valence-electron chi connectivity index (χ3n) is 6.51. The molecule has 1 atom stereocenters. The molecule has 1 unspecified atom stereocenters. The predicted molar refractivity (Wildman–Crippen MR) is 128 cm³/mol. The number of hydrogen-bond acceptors (Lipinski definition) is 4. The fourth-order valence-corrected chi connectivity index (χ4v) is 5.59. The minimum absolute atomic E-state index is 0.298. The van der Waals surface area contributed by atoms with E-state index in [1.165, 1.54) is 16.9 Å². The van der Waals surface area contributed by atoms with Crippen LogP contribution in [0.25, 0.3) is 10.2 Å². The largest absolute Gasteiger partial charge is 0.397 e. The maximum atomic E-state index is 12.9. The molecule has 1 amide bonds. The molecule has 2 aromatic heterocycles. The van der Waals surface area contributed by atoms with E-state index in [1.54, 1.807) is 18.2 Å². The second kappa shape index (κ2) is 8.03. The first-order chi connectivity index (χ1) is 14.2. The van der Waals surface area contributed by atoms with Gasteiger partial charge in [-0.3, -0.25) is 4.79 Å². The van der Waals surface area contributed by atoms with Crippen LogP contribution in [-0.4, -0.2) is 10.9 Å². The van der Waals surface area contributed by atoms with Gasteiger partial charge < -0.3 is 11.1 Å². The Morgan fingerprint density at radius 3 is 2.70 bits per heavy atom. The summed E-state index contributed by atoms with van der Waals surface area (Å²) in [5.74, 6) is 0.299. The van der Waals surface area contributed by atoms with Gasteiger partial charge in [-0.05, 0) is 54.4 Å². The summed E-state index contributed by atoms with van der Waals surface area (Å²) in [6, 6.07) is 7.23. The van der Waals surface area contributed by atoms with Crippen molar-refractivity contribution in [2.45, 2.75) is 46.5 Å². The van der Waals surface area contributed by atoms with Crippen molar-refractivity contribution >= 4 is 62.0 Å². The zero-order valence-electron chi connectivity index (χ0n) is 17.3. The van der Waals surface area contributed by atoms with Crippen LogP contribution < -0.4 is 11.1 Å². The van der Waals surface area contributed by atoms with Gasteiger partial charge in [0.15, 0.2) is 0 Å². The molecule has 1 aliphatic carbocycles. The number of carbonyl (C=O) groups is 1. The number of nitrogens with zero attached hydrogens (tertiary/aromatic N) is 1. The molecule has 0 saturated carbocycles. The van der Waals surface area contributed by atoms with Crippen molar-refractivity contribution in [2.75, 3.05) is 11.1 Å². The monoisotopic (exact) mass is 461 g/mol. The zero-order chi connectivity index (χ0) is 21.6. The number of aromatic nitrogens is 1. The van der Waals surface area contributed by atoms with Gasteiger partial charge in [-0.15, -0.1) is 11.3 Å². The molecule has 3 aromatic rings. The number of nitrogens with two attached hydrogens (primary N) is 1. The van der Waals surface area contributed by atoms with Gasteiger partial charge >= 0.3 is 0 Å². The van der Waals surface area contributed by atoms with Crippen LogP contribution in [0.5, 0.6) is 0 Å². The van der Waals surface area contributed by atoms with Gasteiger partial charge in [0.25, 0.3) is 5.91 Å². The summed E-state index contributed by atoms with van der Waals surface area (Å²) >= 11 is 13.7. The first kappa shape index (κ1) is 21.4. The molecule has 0 bridgehead atoms. The highest BCUT2D eigenvalue weighted by Crippen LogP contribution is 2.42. The summed E-state index contributed by atoms with van der Waals surface area (Å²) < 4.78 is 0. The highest BCUT2D eigenvalue weighted by Gasteiger charge is 2.32. The summed E-state index contributed by atoms with van der Waals surface area (Å²) in [4.78, 5) is 19.0. The van der Waals surface area contributed by atoms with E-state index in [2.05, 4.69) is 32.2 Å². The molecular formula is C23H25Cl2N3OS. The van der Waals surface area contributed by atoms with E-state index in [-0.39, 0.29) is 5.91 Å². The molecule has 0 aliphatic heterocycles. The first-order valence-corrected chi connectivity index (χ1v) is 11.7. The number of para-hydroxylation sites is 1. The van der Waals surface area contributed by atoms with Crippen LogP contribution in [0.3, 0.4) is 0 Å². The van der Waals surface area contributed by atoms with Gasteiger partial charge in [0.1, 0.15) is 9.71 Å². The Morgan fingerprint density at radius 2 is 2.03 bits per heavy atom. The van der Waals surface area contributed by atoms with Crippen molar-refractivity contribution in [3.8, 4) is 0 Å². The SMILES string of the molecule is CCC(C)(C)C1CCc2nc3sc(C(=O)Nc4c(Cl)cccc4Cl)c(N)c3cc2C1. The van der Waals surface area contributed by atoms with Gasteiger partial charge in [-0.25, -0.2) is 4.98 Å². The van der Waals surface area contributed by atoms with Gasteiger partial charge in [-0.1, -0.05) is 56.5 Å². The van der Waals surface area contributed by atoms with Crippen molar-refractivity contribution in [1.82, 2.24) is 4.98 Å². The number of hydrogen-bond donors (Lipinski definition) is 2. The smallest absolute Gasteiger partial charge is 0.268 e. The van der Waals surface area contributed by atoms with Gasteiger partial charge in [-0.2, -0.15) is 0 Å². The summed E-state index contributed by atoms with van der Waals surface area (Å²) in [5, 5.41) is 4.42. The average molecular weight is 462 g/mol. The van der Waals surface area contributed by atoms with Crippen molar-refractivity contribution in [2.24, 2.45) is 11.3 Å². The number of pyridine rings is 1. The lowest BCUT2D eigenvalue weighted by atomic mass is 9.69. The molecule has 158 valence electrons. The highest BCUT2D eigenvalue weighted by atomic mass is 35.5. The topological polar surface area (TPSA) is 68.0 Å². The summed E-state index contributed by atoms with van der Waals surface area (Å²) in [7, 11) is 0. The number of halogens is 2. The molecular weight excluding hydrogens is 437 g/mol. The van der Waals surface area contributed by atoms with Crippen molar-refractivity contribution in [3.05, 3.63) is 50.4 Å². The van der Waals surface area contributed by atoms with Gasteiger partial charge in [0.05, 0.1) is 21.4 Å². The Hall–Kier alpha value is -1.82. The highest BCUT2D eigenvalue weighted by molar-refractivity contribution is 7.21. The summed E-state index contributed by atoms with van der Waals surface area (Å²) in [6.07, 6.45) is 4.27.